The molecule has 4 heteroatoms. The minimum Gasteiger partial charge on any atom is -0.481 e. The topological polar surface area (TPSA) is 58.6 Å². The van der Waals surface area contributed by atoms with E-state index < -0.39 is 12.2 Å². The standard InChI is InChI=1S/C14H21NO3/c1-4-8-15-14(17)11(3)18-13-7-5-6-12(9-13)10(2)16/h5-7,9-11,16H,4,8H2,1-3H3,(H,15,17). The zero-order valence-electron chi connectivity index (χ0n) is 11.1. The summed E-state index contributed by atoms with van der Waals surface area (Å²) in [6.45, 7) is 6.05. The third-order valence-electron chi connectivity index (χ3n) is 2.57. The van der Waals surface area contributed by atoms with Crippen LogP contribution in [-0.2, 0) is 4.79 Å². The minimum absolute atomic E-state index is 0.126. The highest BCUT2D eigenvalue weighted by atomic mass is 16.5. The molecule has 0 aliphatic rings. The zero-order valence-corrected chi connectivity index (χ0v) is 11.1. The van der Waals surface area contributed by atoms with Crippen LogP contribution in [0.2, 0.25) is 0 Å². The lowest BCUT2D eigenvalue weighted by molar-refractivity contribution is -0.127. The van der Waals surface area contributed by atoms with Gasteiger partial charge in [0, 0.05) is 6.54 Å². The molecule has 1 rings (SSSR count). The predicted octanol–water partition coefficient (Wildman–Crippen LogP) is 2.03. The van der Waals surface area contributed by atoms with Crippen molar-refractivity contribution in [1.82, 2.24) is 5.32 Å². The molecule has 0 spiro atoms. The molecule has 0 saturated carbocycles. The molecule has 2 N–H and O–H groups in total. The number of ether oxygens (including phenoxy) is 1. The molecule has 0 heterocycles. The van der Waals surface area contributed by atoms with Crippen LogP contribution in [0.3, 0.4) is 0 Å². The van der Waals surface area contributed by atoms with Crippen LogP contribution in [0.1, 0.15) is 38.9 Å². The maximum absolute atomic E-state index is 11.6. The maximum atomic E-state index is 11.6. The van der Waals surface area contributed by atoms with Crippen molar-refractivity contribution in [3.05, 3.63) is 29.8 Å². The lowest BCUT2D eigenvalue weighted by Gasteiger charge is -2.15. The number of carbonyl (C=O) groups is 1. The van der Waals surface area contributed by atoms with Crippen LogP contribution >= 0.6 is 0 Å². The molecule has 0 radical (unpaired) electrons. The van der Waals surface area contributed by atoms with Crippen molar-refractivity contribution in [1.29, 1.82) is 0 Å². The van der Waals surface area contributed by atoms with Crippen molar-refractivity contribution >= 4 is 5.91 Å². The van der Waals surface area contributed by atoms with Crippen molar-refractivity contribution in [3.63, 3.8) is 0 Å². The van der Waals surface area contributed by atoms with Crippen LogP contribution in [0.15, 0.2) is 24.3 Å². The number of amides is 1. The van der Waals surface area contributed by atoms with Crippen LogP contribution in [-0.4, -0.2) is 23.7 Å². The molecule has 0 bridgehead atoms. The summed E-state index contributed by atoms with van der Waals surface area (Å²) in [5.74, 6) is 0.465. The van der Waals surface area contributed by atoms with E-state index in [1.807, 2.05) is 13.0 Å². The van der Waals surface area contributed by atoms with Gasteiger partial charge in [-0.05, 0) is 38.0 Å². The molecule has 1 amide bonds. The molecule has 0 fully saturated rings. The predicted molar refractivity (Wildman–Crippen MR) is 70.5 cm³/mol. The lowest BCUT2D eigenvalue weighted by atomic mass is 10.1. The number of aliphatic hydroxyl groups excluding tert-OH is 1. The fourth-order valence-electron chi connectivity index (χ4n) is 1.50. The number of carbonyl (C=O) groups excluding carboxylic acids is 1. The van der Waals surface area contributed by atoms with Gasteiger partial charge < -0.3 is 15.2 Å². The van der Waals surface area contributed by atoms with Crippen molar-refractivity contribution in [2.75, 3.05) is 6.54 Å². The van der Waals surface area contributed by atoms with Gasteiger partial charge in [-0.2, -0.15) is 0 Å². The van der Waals surface area contributed by atoms with Crippen LogP contribution in [0.25, 0.3) is 0 Å². The Hall–Kier alpha value is -1.55. The molecule has 100 valence electrons. The summed E-state index contributed by atoms with van der Waals surface area (Å²) in [7, 11) is 0. The van der Waals surface area contributed by atoms with Gasteiger partial charge in [-0.3, -0.25) is 4.79 Å². The van der Waals surface area contributed by atoms with E-state index in [0.717, 1.165) is 12.0 Å². The summed E-state index contributed by atoms with van der Waals surface area (Å²) in [6.07, 6.45) is -0.186. The summed E-state index contributed by atoms with van der Waals surface area (Å²) >= 11 is 0. The second-order valence-electron chi connectivity index (χ2n) is 4.30. The minimum atomic E-state index is -0.544. The molecule has 1 aromatic carbocycles. The van der Waals surface area contributed by atoms with Gasteiger partial charge in [-0.1, -0.05) is 19.1 Å². The quantitative estimate of drug-likeness (QED) is 0.813. The average molecular weight is 251 g/mol. The van der Waals surface area contributed by atoms with Crippen molar-refractivity contribution in [3.8, 4) is 5.75 Å². The highest BCUT2D eigenvalue weighted by Gasteiger charge is 2.14. The Morgan fingerprint density at radius 1 is 1.44 bits per heavy atom. The Balaban J connectivity index is 2.61. The van der Waals surface area contributed by atoms with Gasteiger partial charge in [0.25, 0.3) is 5.91 Å². The van der Waals surface area contributed by atoms with Gasteiger partial charge in [-0.15, -0.1) is 0 Å². The van der Waals surface area contributed by atoms with Crippen LogP contribution < -0.4 is 10.1 Å². The third-order valence-corrected chi connectivity index (χ3v) is 2.57. The van der Waals surface area contributed by atoms with E-state index in [-0.39, 0.29) is 5.91 Å². The molecule has 18 heavy (non-hydrogen) atoms. The molecular weight excluding hydrogens is 230 g/mol. The van der Waals surface area contributed by atoms with Crippen molar-refractivity contribution in [2.24, 2.45) is 0 Å². The highest BCUT2D eigenvalue weighted by Crippen LogP contribution is 2.19. The highest BCUT2D eigenvalue weighted by molar-refractivity contribution is 5.80. The Labute approximate surface area is 108 Å². The molecule has 0 saturated heterocycles. The first-order chi connectivity index (χ1) is 8.54. The number of rotatable bonds is 6. The van der Waals surface area contributed by atoms with E-state index in [4.69, 9.17) is 4.74 Å². The van der Waals surface area contributed by atoms with Gasteiger partial charge in [-0.25, -0.2) is 0 Å². The number of nitrogens with one attached hydrogen (secondary N) is 1. The first kappa shape index (κ1) is 14.5. The van der Waals surface area contributed by atoms with Gasteiger partial charge in [0.2, 0.25) is 0 Å². The molecule has 1 aromatic rings. The van der Waals surface area contributed by atoms with Gasteiger partial charge in [0.15, 0.2) is 6.10 Å². The summed E-state index contributed by atoms with van der Waals surface area (Å²) in [4.78, 5) is 11.6. The summed E-state index contributed by atoms with van der Waals surface area (Å²) in [6, 6.07) is 7.14. The zero-order chi connectivity index (χ0) is 13.5. The molecule has 0 aliphatic carbocycles. The number of hydrogen-bond donors (Lipinski definition) is 2. The first-order valence-corrected chi connectivity index (χ1v) is 6.27. The first-order valence-electron chi connectivity index (χ1n) is 6.27. The SMILES string of the molecule is CCCNC(=O)C(C)Oc1cccc(C(C)O)c1. The van der Waals surface area contributed by atoms with Crippen LogP contribution in [0.4, 0.5) is 0 Å². The van der Waals surface area contributed by atoms with Crippen molar-refractivity contribution < 1.29 is 14.6 Å². The normalized spacial score (nSPS) is 13.8. The smallest absolute Gasteiger partial charge is 0.260 e. The Morgan fingerprint density at radius 2 is 2.17 bits per heavy atom. The molecular formula is C14H21NO3. The Bertz CT molecular complexity index is 390. The second kappa shape index (κ2) is 7.01. The Kier molecular flexibility index (Phi) is 5.65. The number of benzene rings is 1. The summed E-state index contributed by atoms with van der Waals surface area (Å²) in [5.41, 5.74) is 0.772. The molecule has 4 nitrogen and oxygen atoms in total. The lowest BCUT2D eigenvalue weighted by Crippen LogP contribution is -2.36. The largest absolute Gasteiger partial charge is 0.481 e. The molecule has 2 unspecified atom stereocenters. The van der Waals surface area contributed by atoms with Crippen LogP contribution in [0.5, 0.6) is 5.75 Å². The summed E-state index contributed by atoms with van der Waals surface area (Å²) < 4.78 is 5.54. The van der Waals surface area contributed by atoms with E-state index in [9.17, 15) is 9.90 Å². The second-order valence-corrected chi connectivity index (χ2v) is 4.30. The third kappa shape index (κ3) is 4.37. The number of aliphatic hydroxyl groups is 1. The van der Waals surface area contributed by atoms with Gasteiger partial charge in [0.1, 0.15) is 5.75 Å². The van der Waals surface area contributed by atoms with E-state index in [2.05, 4.69) is 5.32 Å². The maximum Gasteiger partial charge on any atom is 0.260 e. The van der Waals surface area contributed by atoms with E-state index in [1.54, 1.807) is 32.0 Å². The van der Waals surface area contributed by atoms with Crippen LogP contribution in [0, 0.1) is 0 Å². The average Bonchev–Trinajstić information content (AvgIpc) is 2.36. The fraction of sp³-hybridized carbons (Fsp3) is 0.500. The number of hydrogen-bond acceptors (Lipinski definition) is 3. The van der Waals surface area contributed by atoms with Gasteiger partial charge >= 0.3 is 0 Å². The molecule has 0 aromatic heterocycles. The van der Waals surface area contributed by atoms with E-state index in [1.165, 1.54) is 0 Å². The van der Waals surface area contributed by atoms with E-state index >= 15 is 0 Å². The Morgan fingerprint density at radius 3 is 2.78 bits per heavy atom. The fourth-order valence-corrected chi connectivity index (χ4v) is 1.50. The van der Waals surface area contributed by atoms with Crippen molar-refractivity contribution in [2.45, 2.75) is 39.4 Å². The molecule has 0 aliphatic heterocycles. The van der Waals surface area contributed by atoms with E-state index in [0.29, 0.717) is 12.3 Å². The monoisotopic (exact) mass is 251 g/mol. The van der Waals surface area contributed by atoms with Gasteiger partial charge in [0.05, 0.1) is 6.10 Å². The summed E-state index contributed by atoms with van der Waals surface area (Å²) in [5, 5.41) is 12.2. The molecule has 2 atom stereocenters.